The van der Waals surface area contributed by atoms with Crippen molar-refractivity contribution in [2.75, 3.05) is 7.11 Å². The normalized spacial score (nSPS) is 50.5. The minimum absolute atomic E-state index is 0.128. The van der Waals surface area contributed by atoms with Gasteiger partial charge in [0.05, 0.1) is 6.10 Å². The van der Waals surface area contributed by atoms with Crippen molar-refractivity contribution in [2.24, 2.45) is 34.5 Å². The number of hydrogen-bond donors (Lipinski definition) is 0. The lowest BCUT2D eigenvalue weighted by Gasteiger charge is -2.55. The second-order valence-electron chi connectivity index (χ2n) is 9.76. The van der Waals surface area contributed by atoms with Crippen molar-refractivity contribution in [3.63, 3.8) is 0 Å². The van der Waals surface area contributed by atoms with Gasteiger partial charge >= 0.3 is 5.97 Å². The number of carbonyl (C=O) groups excluding carboxylic acids is 2. The third kappa shape index (κ3) is 2.51. The molecule has 0 aliphatic heterocycles. The monoisotopic (exact) mass is 362 g/mol. The summed E-state index contributed by atoms with van der Waals surface area (Å²) in [7, 11) is 1.86. The summed E-state index contributed by atoms with van der Waals surface area (Å²) in [5.41, 5.74) is 0.595. The molecule has 0 aromatic rings. The molecular formula is C22H34O4. The highest BCUT2D eigenvalue weighted by Crippen LogP contribution is 2.80. The first-order valence-corrected chi connectivity index (χ1v) is 10.6. The molecule has 1 spiro atoms. The van der Waals surface area contributed by atoms with E-state index < -0.39 is 0 Å². The van der Waals surface area contributed by atoms with Crippen LogP contribution in [0.25, 0.3) is 0 Å². The first-order chi connectivity index (χ1) is 12.3. The average Bonchev–Trinajstić information content (AvgIpc) is 3.24. The molecule has 0 saturated heterocycles. The predicted octanol–water partition coefficient (Wildman–Crippen LogP) is 4.15. The summed E-state index contributed by atoms with van der Waals surface area (Å²) >= 11 is 0. The van der Waals surface area contributed by atoms with Crippen molar-refractivity contribution in [1.29, 1.82) is 0 Å². The van der Waals surface area contributed by atoms with Gasteiger partial charge in [0.1, 0.15) is 11.9 Å². The maximum atomic E-state index is 12.5. The summed E-state index contributed by atoms with van der Waals surface area (Å²) in [6.07, 6.45) is 8.24. The quantitative estimate of drug-likeness (QED) is 0.692. The molecule has 146 valence electrons. The lowest BCUT2D eigenvalue weighted by Crippen LogP contribution is -2.54. The van der Waals surface area contributed by atoms with Gasteiger partial charge in [-0.15, -0.1) is 0 Å². The van der Waals surface area contributed by atoms with Crippen molar-refractivity contribution in [3.05, 3.63) is 0 Å². The van der Waals surface area contributed by atoms with Crippen LogP contribution in [-0.2, 0) is 19.1 Å². The highest BCUT2D eigenvalue weighted by Gasteiger charge is 2.76. The van der Waals surface area contributed by atoms with Crippen LogP contribution in [0.15, 0.2) is 0 Å². The Balaban J connectivity index is 1.71. The molecule has 4 nitrogen and oxygen atoms in total. The zero-order valence-electron chi connectivity index (χ0n) is 16.8. The highest BCUT2D eigenvalue weighted by molar-refractivity contribution is 5.80. The molecule has 0 amide bonds. The van der Waals surface area contributed by atoms with E-state index in [4.69, 9.17) is 9.47 Å². The summed E-state index contributed by atoms with van der Waals surface area (Å²) in [4.78, 5) is 24.3. The molecule has 4 aliphatic carbocycles. The molecule has 4 heteroatoms. The van der Waals surface area contributed by atoms with Gasteiger partial charge in [-0.3, -0.25) is 9.59 Å². The fraction of sp³-hybridized carbons (Fsp3) is 0.909. The number of carbonyl (C=O) groups is 2. The molecule has 0 bridgehead atoms. The van der Waals surface area contributed by atoms with Crippen LogP contribution in [0.5, 0.6) is 0 Å². The third-order valence-corrected chi connectivity index (χ3v) is 8.84. The Kier molecular flexibility index (Phi) is 4.49. The molecule has 4 fully saturated rings. The second-order valence-corrected chi connectivity index (χ2v) is 9.76. The molecule has 0 aromatic carbocycles. The van der Waals surface area contributed by atoms with Gasteiger partial charge in [0.15, 0.2) is 0 Å². The molecule has 0 N–H and O–H groups in total. The minimum atomic E-state index is -0.219. The fourth-order valence-corrected chi connectivity index (χ4v) is 7.45. The second kappa shape index (κ2) is 6.32. The summed E-state index contributed by atoms with van der Waals surface area (Å²) in [5.74, 6) is 1.90. The van der Waals surface area contributed by atoms with E-state index in [2.05, 4.69) is 13.8 Å². The lowest BCUT2D eigenvalue weighted by atomic mass is 9.52. The van der Waals surface area contributed by atoms with Crippen molar-refractivity contribution in [1.82, 2.24) is 0 Å². The third-order valence-electron chi connectivity index (χ3n) is 8.84. The maximum Gasteiger partial charge on any atom is 0.302 e. The lowest BCUT2D eigenvalue weighted by molar-refractivity contribution is -0.169. The van der Waals surface area contributed by atoms with Crippen LogP contribution in [0.2, 0.25) is 0 Å². The summed E-state index contributed by atoms with van der Waals surface area (Å²) in [6.45, 7) is 6.06. The zero-order chi connectivity index (χ0) is 18.7. The summed E-state index contributed by atoms with van der Waals surface area (Å²) < 4.78 is 11.9. The zero-order valence-corrected chi connectivity index (χ0v) is 16.8. The van der Waals surface area contributed by atoms with Crippen LogP contribution in [-0.4, -0.2) is 31.1 Å². The predicted molar refractivity (Wildman–Crippen MR) is 98.5 cm³/mol. The Labute approximate surface area is 157 Å². The number of esters is 1. The summed E-state index contributed by atoms with van der Waals surface area (Å²) in [6, 6.07) is 0. The minimum Gasteiger partial charge on any atom is -0.462 e. The number of methoxy groups -OCH3 is 1. The number of ketones is 1. The number of fused-ring (bicyclic) bond motifs is 2. The van der Waals surface area contributed by atoms with Gasteiger partial charge < -0.3 is 9.47 Å². The van der Waals surface area contributed by atoms with Gasteiger partial charge in [0.25, 0.3) is 0 Å². The molecule has 26 heavy (non-hydrogen) atoms. The number of ether oxygens (including phenoxy) is 2. The largest absolute Gasteiger partial charge is 0.462 e. The molecule has 0 radical (unpaired) electrons. The molecule has 4 saturated carbocycles. The Hall–Kier alpha value is -0.900. The SMILES string of the molecule is CO[C@@H]1C[C@H]2[C@@H](OC(C)=O)CCC(=O)[C@@H](C)CC[C@@H]2[C@@]2(C)CC[C@@H]3C[C@]312. The van der Waals surface area contributed by atoms with Crippen LogP contribution < -0.4 is 0 Å². The molecule has 8 atom stereocenters. The van der Waals surface area contributed by atoms with E-state index in [1.54, 1.807) is 0 Å². The van der Waals surface area contributed by atoms with Gasteiger partial charge in [-0.2, -0.15) is 0 Å². The molecule has 4 rings (SSSR count). The van der Waals surface area contributed by atoms with Crippen LogP contribution >= 0.6 is 0 Å². The number of Topliss-reactive ketones (excluding diaryl/α,β-unsaturated/α-hetero) is 1. The van der Waals surface area contributed by atoms with Gasteiger partial charge in [-0.05, 0) is 62.2 Å². The standard InChI is InChI=1S/C22H34O4/c1-13-5-6-17-16(19(26-14(2)23)8-7-18(13)24)11-20(25-4)22-12-15(22)9-10-21(17,22)3/h13,15-17,19-20H,5-12H2,1-4H3/t13-,15+,16+,17-,19-,20+,21+,22-/m0/s1. The van der Waals surface area contributed by atoms with E-state index in [1.807, 2.05) is 7.11 Å². The van der Waals surface area contributed by atoms with E-state index in [0.29, 0.717) is 35.9 Å². The maximum absolute atomic E-state index is 12.5. The van der Waals surface area contributed by atoms with Gasteiger partial charge in [-0.25, -0.2) is 0 Å². The Morgan fingerprint density at radius 1 is 1.19 bits per heavy atom. The first-order valence-electron chi connectivity index (χ1n) is 10.6. The topological polar surface area (TPSA) is 52.6 Å². The average molecular weight is 363 g/mol. The molecule has 0 heterocycles. The van der Waals surface area contributed by atoms with Gasteiger partial charge in [-0.1, -0.05) is 13.8 Å². The van der Waals surface area contributed by atoms with E-state index in [9.17, 15) is 9.59 Å². The van der Waals surface area contributed by atoms with Crippen LogP contribution in [0.4, 0.5) is 0 Å². The Morgan fingerprint density at radius 2 is 1.96 bits per heavy atom. The van der Waals surface area contributed by atoms with Crippen molar-refractivity contribution in [2.45, 2.75) is 84.3 Å². The molecular weight excluding hydrogens is 328 g/mol. The number of rotatable bonds is 2. The Bertz CT molecular complexity index is 601. The van der Waals surface area contributed by atoms with Crippen molar-refractivity contribution in [3.8, 4) is 0 Å². The summed E-state index contributed by atoms with van der Waals surface area (Å²) in [5, 5.41) is 0. The fourth-order valence-electron chi connectivity index (χ4n) is 7.45. The van der Waals surface area contributed by atoms with E-state index in [0.717, 1.165) is 25.2 Å². The Morgan fingerprint density at radius 3 is 2.62 bits per heavy atom. The first kappa shape index (κ1) is 18.5. The smallest absolute Gasteiger partial charge is 0.302 e. The van der Waals surface area contributed by atoms with Crippen molar-refractivity contribution >= 4 is 11.8 Å². The van der Waals surface area contributed by atoms with Crippen LogP contribution in [0, 0.1) is 34.5 Å². The van der Waals surface area contributed by atoms with Gasteiger partial charge in [0, 0.05) is 37.7 Å². The molecule has 0 unspecified atom stereocenters. The highest BCUT2D eigenvalue weighted by atomic mass is 16.5. The van der Waals surface area contributed by atoms with E-state index in [-0.39, 0.29) is 29.5 Å². The van der Waals surface area contributed by atoms with Gasteiger partial charge in [0.2, 0.25) is 0 Å². The van der Waals surface area contributed by atoms with Crippen LogP contribution in [0.3, 0.4) is 0 Å². The van der Waals surface area contributed by atoms with Crippen LogP contribution in [0.1, 0.15) is 72.1 Å². The molecule has 4 aliphatic rings. The van der Waals surface area contributed by atoms with E-state index >= 15 is 0 Å². The van der Waals surface area contributed by atoms with Crippen molar-refractivity contribution < 1.29 is 19.1 Å². The number of hydrogen-bond acceptors (Lipinski definition) is 4. The van der Waals surface area contributed by atoms with E-state index in [1.165, 1.54) is 26.2 Å². The molecule has 0 aromatic heterocycles.